The minimum Gasteiger partial charge on any atom is -0.486 e. The summed E-state index contributed by atoms with van der Waals surface area (Å²) in [5, 5.41) is 5.89. The highest BCUT2D eigenvalue weighted by molar-refractivity contribution is 5.90. The molecule has 0 aliphatic carbocycles. The molecule has 1 atom stereocenters. The summed E-state index contributed by atoms with van der Waals surface area (Å²) in [5.74, 6) is 1.05. The Balaban J connectivity index is 1.84. The van der Waals surface area contributed by atoms with E-state index in [0.717, 1.165) is 44.7 Å². The van der Waals surface area contributed by atoms with E-state index in [2.05, 4.69) is 48.6 Å². The average Bonchev–Trinajstić information content (AvgIpc) is 2.56. The Morgan fingerprint density at radius 2 is 2.00 bits per heavy atom. The SMILES string of the molecule is CCOC1CC2(CCNCC2)Oc2c1ccc1ccccc21. The fourth-order valence-electron chi connectivity index (χ4n) is 3.87. The van der Waals surface area contributed by atoms with Crippen molar-refractivity contribution in [1.82, 2.24) is 5.32 Å². The lowest BCUT2D eigenvalue weighted by atomic mass is 9.81. The third-order valence-corrected chi connectivity index (χ3v) is 5.02. The van der Waals surface area contributed by atoms with E-state index in [9.17, 15) is 0 Å². The van der Waals surface area contributed by atoms with Gasteiger partial charge in [-0.1, -0.05) is 36.4 Å². The van der Waals surface area contributed by atoms with Crippen LogP contribution in [0.5, 0.6) is 5.75 Å². The van der Waals surface area contributed by atoms with Crippen molar-refractivity contribution < 1.29 is 9.47 Å². The van der Waals surface area contributed by atoms with Crippen molar-refractivity contribution in [2.45, 2.75) is 37.9 Å². The summed E-state index contributed by atoms with van der Waals surface area (Å²) >= 11 is 0. The van der Waals surface area contributed by atoms with E-state index >= 15 is 0 Å². The van der Waals surface area contributed by atoms with Crippen LogP contribution in [0.1, 0.15) is 37.9 Å². The maximum atomic E-state index is 6.63. The summed E-state index contributed by atoms with van der Waals surface area (Å²) in [5.41, 5.74) is 1.15. The van der Waals surface area contributed by atoms with Crippen LogP contribution in [0, 0.1) is 0 Å². The fourth-order valence-corrected chi connectivity index (χ4v) is 3.87. The lowest BCUT2D eigenvalue weighted by molar-refractivity contribution is -0.0579. The molecule has 2 heterocycles. The summed E-state index contributed by atoms with van der Waals surface area (Å²) in [6, 6.07) is 12.9. The van der Waals surface area contributed by atoms with Gasteiger partial charge in [0.15, 0.2) is 0 Å². The molecule has 1 saturated heterocycles. The highest BCUT2D eigenvalue weighted by Crippen LogP contribution is 2.47. The van der Waals surface area contributed by atoms with E-state index in [1.807, 2.05) is 0 Å². The molecule has 0 radical (unpaired) electrons. The Morgan fingerprint density at radius 1 is 1.18 bits per heavy atom. The van der Waals surface area contributed by atoms with Crippen LogP contribution in [0.25, 0.3) is 10.8 Å². The Kier molecular flexibility index (Phi) is 3.55. The molecule has 0 saturated carbocycles. The van der Waals surface area contributed by atoms with E-state index in [1.165, 1.54) is 16.3 Å². The van der Waals surface area contributed by atoms with Crippen molar-refractivity contribution in [3.05, 3.63) is 42.0 Å². The predicted octanol–water partition coefficient (Wildman–Crippen LogP) is 3.82. The monoisotopic (exact) mass is 297 g/mol. The van der Waals surface area contributed by atoms with Crippen LogP contribution >= 0.6 is 0 Å². The van der Waals surface area contributed by atoms with Crippen LogP contribution in [0.3, 0.4) is 0 Å². The van der Waals surface area contributed by atoms with Gasteiger partial charge in [0.1, 0.15) is 11.4 Å². The van der Waals surface area contributed by atoms with E-state index in [0.29, 0.717) is 0 Å². The van der Waals surface area contributed by atoms with Crippen molar-refractivity contribution >= 4 is 10.8 Å². The highest BCUT2D eigenvalue weighted by Gasteiger charge is 2.42. The molecule has 1 spiro atoms. The first-order chi connectivity index (χ1) is 10.8. The number of ether oxygens (including phenoxy) is 2. The third-order valence-electron chi connectivity index (χ3n) is 5.02. The Morgan fingerprint density at radius 3 is 2.82 bits per heavy atom. The smallest absolute Gasteiger partial charge is 0.133 e. The molecule has 4 rings (SSSR count). The molecule has 0 amide bonds. The van der Waals surface area contributed by atoms with Crippen LogP contribution in [-0.2, 0) is 4.74 Å². The van der Waals surface area contributed by atoms with Crippen LogP contribution in [-0.4, -0.2) is 25.3 Å². The van der Waals surface area contributed by atoms with Crippen molar-refractivity contribution in [2.24, 2.45) is 0 Å². The molecule has 2 aromatic carbocycles. The number of rotatable bonds is 2. The van der Waals surface area contributed by atoms with Gasteiger partial charge in [0.05, 0.1) is 6.10 Å². The predicted molar refractivity (Wildman–Crippen MR) is 88.4 cm³/mol. The minimum atomic E-state index is -0.0673. The van der Waals surface area contributed by atoms with Gasteiger partial charge < -0.3 is 14.8 Å². The van der Waals surface area contributed by atoms with Crippen LogP contribution in [0.4, 0.5) is 0 Å². The third kappa shape index (κ3) is 2.29. The number of nitrogens with one attached hydrogen (secondary N) is 1. The van der Waals surface area contributed by atoms with Gasteiger partial charge in [0.25, 0.3) is 0 Å². The van der Waals surface area contributed by atoms with Gasteiger partial charge in [-0.05, 0) is 38.2 Å². The number of piperidine rings is 1. The first-order valence-corrected chi connectivity index (χ1v) is 8.34. The van der Waals surface area contributed by atoms with Crippen LogP contribution in [0.2, 0.25) is 0 Å². The molecule has 3 nitrogen and oxygen atoms in total. The zero-order chi connectivity index (χ0) is 15.0. The van der Waals surface area contributed by atoms with Crippen molar-refractivity contribution in [1.29, 1.82) is 0 Å². The Hall–Kier alpha value is -1.58. The molecule has 3 heteroatoms. The molecular formula is C19H23NO2. The molecule has 0 aromatic heterocycles. The summed E-state index contributed by atoms with van der Waals surface area (Å²) in [4.78, 5) is 0. The molecule has 2 aliphatic rings. The van der Waals surface area contributed by atoms with Crippen molar-refractivity contribution in [2.75, 3.05) is 19.7 Å². The van der Waals surface area contributed by atoms with Crippen LogP contribution in [0.15, 0.2) is 36.4 Å². The van der Waals surface area contributed by atoms with Gasteiger partial charge in [0.2, 0.25) is 0 Å². The van der Waals surface area contributed by atoms with Crippen molar-refractivity contribution in [3.63, 3.8) is 0 Å². The van der Waals surface area contributed by atoms with E-state index in [-0.39, 0.29) is 11.7 Å². The largest absolute Gasteiger partial charge is 0.486 e. The fraction of sp³-hybridized carbons (Fsp3) is 0.474. The standard InChI is InChI=1S/C19H23NO2/c1-2-21-17-13-19(9-11-20-12-10-19)22-18-15-6-4-3-5-14(15)7-8-16(17)18/h3-8,17,20H,2,9-13H2,1H3. The van der Waals surface area contributed by atoms with Gasteiger partial charge in [-0.3, -0.25) is 0 Å². The summed E-state index contributed by atoms with van der Waals surface area (Å²) < 4.78 is 12.7. The normalized spacial score (nSPS) is 23.2. The topological polar surface area (TPSA) is 30.5 Å². The van der Waals surface area contributed by atoms with E-state index in [1.54, 1.807) is 0 Å². The molecule has 22 heavy (non-hydrogen) atoms. The van der Waals surface area contributed by atoms with Gasteiger partial charge in [-0.2, -0.15) is 0 Å². The van der Waals surface area contributed by atoms with Crippen molar-refractivity contribution in [3.8, 4) is 5.75 Å². The molecular weight excluding hydrogens is 274 g/mol. The summed E-state index contributed by atoms with van der Waals surface area (Å²) in [7, 11) is 0. The minimum absolute atomic E-state index is 0.0673. The lowest BCUT2D eigenvalue weighted by Gasteiger charge is -2.44. The average molecular weight is 297 g/mol. The van der Waals surface area contributed by atoms with Gasteiger partial charge in [-0.25, -0.2) is 0 Å². The maximum absolute atomic E-state index is 6.63. The summed E-state index contributed by atoms with van der Waals surface area (Å²) in [6.45, 7) is 4.87. The second kappa shape index (κ2) is 5.56. The first kappa shape index (κ1) is 14.0. The molecule has 1 N–H and O–H groups in total. The number of hydrogen-bond acceptors (Lipinski definition) is 3. The second-order valence-electron chi connectivity index (χ2n) is 6.39. The molecule has 1 unspecified atom stereocenters. The molecule has 0 bridgehead atoms. The number of benzene rings is 2. The quantitative estimate of drug-likeness (QED) is 0.914. The van der Waals surface area contributed by atoms with Gasteiger partial charge in [-0.15, -0.1) is 0 Å². The van der Waals surface area contributed by atoms with Gasteiger partial charge >= 0.3 is 0 Å². The zero-order valence-electron chi connectivity index (χ0n) is 13.1. The summed E-state index contributed by atoms with van der Waals surface area (Å²) in [6.07, 6.45) is 3.23. The van der Waals surface area contributed by atoms with E-state index < -0.39 is 0 Å². The molecule has 2 aromatic rings. The second-order valence-corrected chi connectivity index (χ2v) is 6.39. The van der Waals surface area contributed by atoms with Crippen LogP contribution < -0.4 is 10.1 Å². The molecule has 116 valence electrons. The number of fused-ring (bicyclic) bond motifs is 3. The Labute approximate surface area is 131 Å². The lowest BCUT2D eigenvalue weighted by Crippen LogP contribution is -2.49. The Bertz CT molecular complexity index is 676. The molecule has 1 fully saturated rings. The number of hydrogen-bond donors (Lipinski definition) is 1. The van der Waals surface area contributed by atoms with Gasteiger partial charge in [0, 0.05) is 24.0 Å². The van der Waals surface area contributed by atoms with E-state index in [4.69, 9.17) is 9.47 Å². The maximum Gasteiger partial charge on any atom is 0.133 e. The first-order valence-electron chi connectivity index (χ1n) is 8.34. The highest BCUT2D eigenvalue weighted by atomic mass is 16.5. The zero-order valence-corrected chi connectivity index (χ0v) is 13.1. The molecule has 2 aliphatic heterocycles.